The largest absolute Gasteiger partial charge is 0.325 e. The highest BCUT2D eigenvalue weighted by molar-refractivity contribution is 8.93. The van der Waals surface area contributed by atoms with Crippen molar-refractivity contribution in [1.82, 2.24) is 0 Å². The fraction of sp³-hybridized carbons (Fsp3) is 0.812. The lowest BCUT2D eigenvalue weighted by Gasteiger charge is -2.43. The molecule has 0 heterocycles. The minimum Gasteiger partial charge on any atom is -0.325 e. The molecule has 0 bridgehead atoms. The van der Waals surface area contributed by atoms with Gasteiger partial charge in [0, 0.05) is 5.54 Å². The molecule has 0 radical (unpaired) electrons. The lowest BCUT2D eigenvalue weighted by Crippen LogP contribution is -2.55. The fourth-order valence-electron chi connectivity index (χ4n) is 2.78. The van der Waals surface area contributed by atoms with Crippen molar-refractivity contribution in [1.29, 1.82) is 0 Å². The van der Waals surface area contributed by atoms with Gasteiger partial charge in [-0.15, -0.1) is 17.0 Å². The maximum absolute atomic E-state index is 12.5. The Morgan fingerprint density at radius 1 is 1.16 bits per heavy atom. The molecule has 0 aromatic carbocycles. The first-order chi connectivity index (χ1) is 8.23. The molecule has 0 spiro atoms. The van der Waals surface area contributed by atoms with E-state index in [0.29, 0.717) is 5.57 Å². The summed E-state index contributed by atoms with van der Waals surface area (Å²) in [5.41, 5.74) is 6.00. The Labute approximate surface area is 130 Å². The van der Waals surface area contributed by atoms with Crippen LogP contribution in [0.4, 0.5) is 0 Å². The minimum atomic E-state index is -0.496. The van der Waals surface area contributed by atoms with Crippen molar-refractivity contribution >= 4 is 22.8 Å². The molecule has 0 aliphatic heterocycles. The normalized spacial score (nSPS) is 14.4. The standard InChI is InChI=1S/C16H31NO.BrH/c1-7-9-10-11-12-16(8-2,15(5,6)17)14(18)13(3)4;/h3,7-12,17H2,1-2,4-6H3;1H. The van der Waals surface area contributed by atoms with Gasteiger partial charge in [0.1, 0.15) is 0 Å². The summed E-state index contributed by atoms with van der Waals surface area (Å²) in [5.74, 6) is 0.147. The average molecular weight is 334 g/mol. The van der Waals surface area contributed by atoms with Crippen LogP contribution in [-0.4, -0.2) is 11.3 Å². The number of Topliss-reactive ketones (excluding diaryl/α,β-unsaturated/α-hetero) is 1. The molecule has 1 atom stereocenters. The maximum Gasteiger partial charge on any atom is 0.165 e. The highest BCUT2D eigenvalue weighted by atomic mass is 79.9. The number of allylic oxidation sites excluding steroid dienone is 1. The van der Waals surface area contributed by atoms with Crippen LogP contribution in [0.5, 0.6) is 0 Å². The maximum atomic E-state index is 12.5. The van der Waals surface area contributed by atoms with E-state index in [1.54, 1.807) is 6.92 Å². The zero-order valence-electron chi connectivity index (χ0n) is 13.3. The van der Waals surface area contributed by atoms with Crippen molar-refractivity contribution in [2.75, 3.05) is 0 Å². The topological polar surface area (TPSA) is 43.1 Å². The molecule has 2 N–H and O–H groups in total. The fourth-order valence-corrected chi connectivity index (χ4v) is 2.78. The molecule has 0 aromatic heterocycles. The molecular weight excluding hydrogens is 302 g/mol. The van der Waals surface area contributed by atoms with Crippen molar-refractivity contribution < 1.29 is 4.79 Å². The van der Waals surface area contributed by atoms with Gasteiger partial charge in [-0.2, -0.15) is 0 Å². The Morgan fingerprint density at radius 2 is 1.68 bits per heavy atom. The van der Waals surface area contributed by atoms with E-state index < -0.39 is 11.0 Å². The van der Waals surface area contributed by atoms with E-state index in [1.165, 1.54) is 19.3 Å². The molecule has 0 aromatic rings. The molecule has 3 heteroatoms. The summed E-state index contributed by atoms with van der Waals surface area (Å²) < 4.78 is 0. The lowest BCUT2D eigenvalue weighted by atomic mass is 9.63. The highest BCUT2D eigenvalue weighted by Crippen LogP contribution is 2.41. The molecule has 2 nitrogen and oxygen atoms in total. The van der Waals surface area contributed by atoms with Crippen molar-refractivity contribution in [3.63, 3.8) is 0 Å². The number of unbranched alkanes of at least 4 members (excludes halogenated alkanes) is 3. The number of halogens is 1. The van der Waals surface area contributed by atoms with E-state index >= 15 is 0 Å². The van der Waals surface area contributed by atoms with Gasteiger partial charge >= 0.3 is 0 Å². The van der Waals surface area contributed by atoms with E-state index in [4.69, 9.17) is 5.73 Å². The minimum absolute atomic E-state index is 0. The Bertz CT molecular complexity index is 294. The van der Waals surface area contributed by atoms with E-state index in [0.717, 1.165) is 19.3 Å². The molecule has 19 heavy (non-hydrogen) atoms. The summed E-state index contributed by atoms with van der Waals surface area (Å²) >= 11 is 0. The Morgan fingerprint density at radius 3 is 2.00 bits per heavy atom. The number of hydrogen-bond acceptors (Lipinski definition) is 2. The van der Waals surface area contributed by atoms with Gasteiger partial charge in [-0.1, -0.05) is 46.1 Å². The van der Waals surface area contributed by atoms with Crippen molar-refractivity contribution in [2.45, 2.75) is 78.7 Å². The Balaban J connectivity index is 0. The number of nitrogens with two attached hydrogens (primary N) is 1. The Hall–Kier alpha value is -0.150. The van der Waals surface area contributed by atoms with Crippen molar-refractivity contribution in [3.05, 3.63) is 12.2 Å². The summed E-state index contributed by atoms with van der Waals surface area (Å²) in [6, 6.07) is 0. The van der Waals surface area contributed by atoms with Crippen LogP contribution < -0.4 is 5.73 Å². The van der Waals surface area contributed by atoms with Gasteiger partial charge in [0.15, 0.2) is 5.78 Å². The third-order valence-corrected chi connectivity index (χ3v) is 4.12. The third-order valence-electron chi connectivity index (χ3n) is 4.12. The smallest absolute Gasteiger partial charge is 0.165 e. The first-order valence-electron chi connectivity index (χ1n) is 7.22. The third kappa shape index (κ3) is 5.39. The van der Waals surface area contributed by atoms with Crippen LogP contribution in [-0.2, 0) is 4.79 Å². The number of rotatable bonds is 9. The van der Waals surface area contributed by atoms with Gasteiger partial charge in [-0.3, -0.25) is 4.79 Å². The predicted octanol–water partition coefficient (Wildman–Crippen LogP) is 4.81. The molecule has 0 fully saturated rings. The van der Waals surface area contributed by atoms with Crippen LogP contribution in [0.25, 0.3) is 0 Å². The molecule has 0 amide bonds. The van der Waals surface area contributed by atoms with Crippen LogP contribution >= 0.6 is 17.0 Å². The first kappa shape index (κ1) is 21.2. The molecule has 0 aliphatic rings. The molecule has 0 rings (SSSR count). The number of carbonyl (C=O) groups is 1. The SMILES string of the molecule is Br.C=C(C)C(=O)C(CC)(CCCCCC)C(C)(C)N. The zero-order valence-corrected chi connectivity index (χ0v) is 15.1. The first-order valence-corrected chi connectivity index (χ1v) is 7.22. The van der Waals surface area contributed by atoms with Gasteiger partial charge in [-0.05, 0) is 39.2 Å². The Kier molecular flexibility index (Phi) is 9.92. The van der Waals surface area contributed by atoms with E-state index in [9.17, 15) is 4.79 Å². The van der Waals surface area contributed by atoms with Gasteiger partial charge in [0.25, 0.3) is 0 Å². The summed E-state index contributed by atoms with van der Waals surface area (Å²) in [6.45, 7) is 13.8. The van der Waals surface area contributed by atoms with E-state index in [2.05, 4.69) is 20.4 Å². The van der Waals surface area contributed by atoms with Crippen molar-refractivity contribution in [2.24, 2.45) is 11.1 Å². The molecule has 0 saturated carbocycles. The van der Waals surface area contributed by atoms with Gasteiger partial charge < -0.3 is 5.73 Å². The summed E-state index contributed by atoms with van der Waals surface area (Å²) in [6.07, 6.45) is 6.35. The monoisotopic (exact) mass is 333 g/mol. The van der Waals surface area contributed by atoms with Crippen LogP contribution in [0.15, 0.2) is 12.2 Å². The van der Waals surface area contributed by atoms with Crippen LogP contribution in [0.1, 0.15) is 73.1 Å². The second-order valence-corrected chi connectivity index (χ2v) is 6.08. The quantitative estimate of drug-likeness (QED) is 0.485. The number of hydrogen-bond donors (Lipinski definition) is 1. The van der Waals surface area contributed by atoms with Crippen LogP contribution in [0.2, 0.25) is 0 Å². The molecule has 0 aliphatic carbocycles. The second kappa shape index (κ2) is 8.91. The van der Waals surface area contributed by atoms with E-state index in [-0.39, 0.29) is 22.8 Å². The van der Waals surface area contributed by atoms with Gasteiger partial charge in [0.2, 0.25) is 0 Å². The van der Waals surface area contributed by atoms with Crippen LogP contribution in [0, 0.1) is 5.41 Å². The number of ketones is 1. The van der Waals surface area contributed by atoms with E-state index in [1.807, 2.05) is 13.8 Å². The van der Waals surface area contributed by atoms with Gasteiger partial charge in [0.05, 0.1) is 5.41 Å². The summed E-state index contributed by atoms with van der Waals surface area (Å²) in [7, 11) is 0. The molecule has 0 saturated heterocycles. The second-order valence-electron chi connectivity index (χ2n) is 6.08. The predicted molar refractivity (Wildman–Crippen MR) is 89.9 cm³/mol. The van der Waals surface area contributed by atoms with Gasteiger partial charge in [-0.25, -0.2) is 0 Å². The summed E-state index contributed by atoms with van der Waals surface area (Å²) in [5, 5.41) is 0. The lowest BCUT2D eigenvalue weighted by molar-refractivity contribution is -0.129. The molecule has 114 valence electrons. The van der Waals surface area contributed by atoms with Crippen LogP contribution in [0.3, 0.4) is 0 Å². The molecule has 1 unspecified atom stereocenters. The number of carbonyl (C=O) groups excluding carboxylic acids is 1. The molecular formula is C16H32BrNO. The van der Waals surface area contributed by atoms with Crippen molar-refractivity contribution in [3.8, 4) is 0 Å². The highest BCUT2D eigenvalue weighted by Gasteiger charge is 2.46. The average Bonchev–Trinajstić information content (AvgIpc) is 2.27. The zero-order chi connectivity index (χ0) is 14.4. The summed E-state index contributed by atoms with van der Waals surface area (Å²) in [4.78, 5) is 12.5.